The minimum Gasteiger partial charge on any atom is -0.462 e. The van der Waals surface area contributed by atoms with E-state index in [1.165, 1.54) is 0 Å². The Balaban J connectivity index is 5.09. The van der Waals surface area contributed by atoms with E-state index in [9.17, 15) is 4.79 Å². The van der Waals surface area contributed by atoms with Crippen molar-refractivity contribution in [3.05, 3.63) is 0 Å². The van der Waals surface area contributed by atoms with Crippen LogP contribution in [-0.4, -0.2) is 25.8 Å². The molecule has 3 heteroatoms. The number of hydrogen-bond acceptors (Lipinski definition) is 3. The highest BCUT2D eigenvalue weighted by molar-refractivity contribution is 5.78. The molecular weight excluding hydrogens is 204 g/mol. The fourth-order valence-corrected chi connectivity index (χ4v) is 2.09. The quantitative estimate of drug-likeness (QED) is 0.658. The minimum absolute atomic E-state index is 0.0822. The molecule has 0 N–H and O–H groups in total. The first-order chi connectivity index (χ1) is 7.28. The van der Waals surface area contributed by atoms with Gasteiger partial charge in [-0.3, -0.25) is 4.79 Å². The van der Waals surface area contributed by atoms with Crippen LogP contribution in [0, 0.1) is 17.3 Å². The van der Waals surface area contributed by atoms with Crippen LogP contribution in [-0.2, 0) is 14.3 Å². The van der Waals surface area contributed by atoms with Crippen LogP contribution >= 0.6 is 0 Å². The highest BCUT2D eigenvalue weighted by Gasteiger charge is 2.46. The lowest BCUT2D eigenvalue weighted by Crippen LogP contribution is -2.46. The number of methoxy groups -OCH3 is 1. The molecule has 0 aliphatic carbocycles. The van der Waals surface area contributed by atoms with Gasteiger partial charge in [0, 0.05) is 7.11 Å². The molecule has 0 unspecified atom stereocenters. The lowest BCUT2D eigenvalue weighted by atomic mass is 9.69. The van der Waals surface area contributed by atoms with E-state index in [0.717, 1.165) is 0 Å². The van der Waals surface area contributed by atoms with E-state index >= 15 is 0 Å². The lowest BCUT2D eigenvalue weighted by molar-refractivity contribution is -0.171. The van der Waals surface area contributed by atoms with Gasteiger partial charge in [0.2, 0.25) is 0 Å². The van der Waals surface area contributed by atoms with Crippen molar-refractivity contribution in [2.75, 3.05) is 13.7 Å². The Bertz CT molecular complexity index is 211. The van der Waals surface area contributed by atoms with E-state index in [2.05, 4.69) is 0 Å². The molecule has 0 amide bonds. The lowest BCUT2D eigenvalue weighted by Gasteiger charge is -2.38. The SMILES string of the molecule is COCC(C(=O)OC(C)C)(C(C)C)C(C)C. The maximum absolute atomic E-state index is 12.2. The maximum atomic E-state index is 12.2. The molecular formula is C13H26O3. The molecule has 0 saturated heterocycles. The van der Waals surface area contributed by atoms with E-state index in [0.29, 0.717) is 6.61 Å². The summed E-state index contributed by atoms with van der Waals surface area (Å²) in [5.74, 6) is 0.242. The Morgan fingerprint density at radius 2 is 1.50 bits per heavy atom. The zero-order chi connectivity index (χ0) is 12.9. The summed E-state index contributed by atoms with van der Waals surface area (Å²) in [7, 11) is 1.63. The molecule has 0 aromatic rings. The van der Waals surface area contributed by atoms with Gasteiger partial charge in [0.05, 0.1) is 18.1 Å². The van der Waals surface area contributed by atoms with Crippen LogP contribution in [0.2, 0.25) is 0 Å². The summed E-state index contributed by atoms with van der Waals surface area (Å²) in [6, 6.07) is 0. The molecule has 0 saturated carbocycles. The van der Waals surface area contributed by atoms with Crippen molar-refractivity contribution in [1.29, 1.82) is 0 Å². The van der Waals surface area contributed by atoms with E-state index in [1.54, 1.807) is 7.11 Å². The van der Waals surface area contributed by atoms with Gasteiger partial charge in [-0.15, -0.1) is 0 Å². The molecule has 0 rings (SSSR count). The second-order valence-electron chi connectivity index (χ2n) is 5.24. The van der Waals surface area contributed by atoms with E-state index < -0.39 is 5.41 Å². The van der Waals surface area contributed by atoms with Crippen LogP contribution < -0.4 is 0 Å². The van der Waals surface area contributed by atoms with E-state index in [-0.39, 0.29) is 23.9 Å². The Kier molecular flexibility index (Phi) is 6.01. The Hall–Kier alpha value is -0.570. The average molecular weight is 230 g/mol. The number of hydrogen-bond donors (Lipinski definition) is 0. The van der Waals surface area contributed by atoms with Crippen molar-refractivity contribution in [2.45, 2.75) is 47.6 Å². The van der Waals surface area contributed by atoms with Crippen molar-refractivity contribution in [3.63, 3.8) is 0 Å². The van der Waals surface area contributed by atoms with Crippen molar-refractivity contribution in [1.82, 2.24) is 0 Å². The second kappa shape index (κ2) is 6.24. The molecule has 0 aliphatic rings. The Labute approximate surface area is 99.5 Å². The maximum Gasteiger partial charge on any atom is 0.315 e. The first kappa shape index (κ1) is 15.4. The fraction of sp³-hybridized carbons (Fsp3) is 0.923. The molecule has 3 nitrogen and oxygen atoms in total. The fourth-order valence-electron chi connectivity index (χ4n) is 2.09. The molecule has 96 valence electrons. The molecule has 0 radical (unpaired) electrons. The highest BCUT2D eigenvalue weighted by atomic mass is 16.5. The van der Waals surface area contributed by atoms with Gasteiger partial charge in [0.25, 0.3) is 0 Å². The second-order valence-corrected chi connectivity index (χ2v) is 5.24. The van der Waals surface area contributed by atoms with E-state index in [4.69, 9.17) is 9.47 Å². The van der Waals surface area contributed by atoms with Gasteiger partial charge in [0.1, 0.15) is 0 Å². The summed E-state index contributed by atoms with van der Waals surface area (Å²) < 4.78 is 10.6. The van der Waals surface area contributed by atoms with Crippen LogP contribution in [0.3, 0.4) is 0 Å². The molecule has 16 heavy (non-hydrogen) atoms. The van der Waals surface area contributed by atoms with Crippen molar-refractivity contribution in [3.8, 4) is 0 Å². The Morgan fingerprint density at radius 1 is 1.06 bits per heavy atom. The van der Waals surface area contributed by atoms with Gasteiger partial charge in [-0.05, 0) is 25.7 Å². The molecule has 0 aromatic heterocycles. The third-order valence-electron chi connectivity index (χ3n) is 3.17. The monoisotopic (exact) mass is 230 g/mol. The van der Waals surface area contributed by atoms with Gasteiger partial charge < -0.3 is 9.47 Å². The first-order valence-electron chi connectivity index (χ1n) is 5.99. The average Bonchev–Trinajstić information content (AvgIpc) is 2.11. The summed E-state index contributed by atoms with van der Waals surface area (Å²) in [6.07, 6.45) is -0.0822. The summed E-state index contributed by atoms with van der Waals surface area (Å²) in [5.41, 5.74) is -0.543. The van der Waals surface area contributed by atoms with Gasteiger partial charge in [-0.2, -0.15) is 0 Å². The number of ether oxygens (including phenoxy) is 2. The predicted molar refractivity (Wildman–Crippen MR) is 65.2 cm³/mol. The van der Waals surface area contributed by atoms with Gasteiger partial charge >= 0.3 is 5.97 Å². The third kappa shape index (κ3) is 3.21. The van der Waals surface area contributed by atoms with Crippen molar-refractivity contribution >= 4 is 5.97 Å². The minimum atomic E-state index is -0.543. The van der Waals surface area contributed by atoms with Crippen LogP contribution in [0.1, 0.15) is 41.5 Å². The summed E-state index contributed by atoms with van der Waals surface area (Å²) in [4.78, 5) is 12.2. The van der Waals surface area contributed by atoms with Crippen molar-refractivity contribution in [2.24, 2.45) is 17.3 Å². The summed E-state index contributed by atoms with van der Waals surface area (Å²) >= 11 is 0. The number of carbonyl (C=O) groups is 1. The third-order valence-corrected chi connectivity index (χ3v) is 3.17. The molecule has 0 aromatic carbocycles. The standard InChI is InChI=1S/C13H26O3/c1-9(2)13(8-15-7,10(3)4)12(14)16-11(5)6/h9-11H,8H2,1-7H3. The first-order valence-corrected chi connectivity index (χ1v) is 5.99. The van der Waals surface area contributed by atoms with Crippen LogP contribution in [0.5, 0.6) is 0 Å². The molecule has 0 heterocycles. The molecule has 0 fully saturated rings. The number of rotatable bonds is 6. The van der Waals surface area contributed by atoms with E-state index in [1.807, 2.05) is 41.5 Å². The topological polar surface area (TPSA) is 35.5 Å². The zero-order valence-electron chi connectivity index (χ0n) is 11.7. The molecule has 0 aliphatic heterocycles. The van der Waals surface area contributed by atoms with Crippen LogP contribution in [0.15, 0.2) is 0 Å². The molecule has 0 bridgehead atoms. The van der Waals surface area contributed by atoms with Crippen molar-refractivity contribution < 1.29 is 14.3 Å². The molecule has 0 atom stereocenters. The van der Waals surface area contributed by atoms with Gasteiger partial charge in [-0.1, -0.05) is 27.7 Å². The van der Waals surface area contributed by atoms with Crippen LogP contribution in [0.25, 0.3) is 0 Å². The summed E-state index contributed by atoms with van der Waals surface area (Å²) in [6.45, 7) is 12.3. The largest absolute Gasteiger partial charge is 0.462 e. The zero-order valence-corrected chi connectivity index (χ0v) is 11.7. The summed E-state index contributed by atoms with van der Waals surface area (Å²) in [5, 5.41) is 0. The number of esters is 1. The number of carbonyl (C=O) groups excluding carboxylic acids is 1. The van der Waals surface area contributed by atoms with Crippen LogP contribution in [0.4, 0.5) is 0 Å². The highest BCUT2D eigenvalue weighted by Crippen LogP contribution is 2.37. The van der Waals surface area contributed by atoms with Gasteiger partial charge in [0.15, 0.2) is 0 Å². The van der Waals surface area contributed by atoms with Gasteiger partial charge in [-0.25, -0.2) is 0 Å². The molecule has 0 spiro atoms. The normalized spacial score (nSPS) is 12.6. The predicted octanol–water partition coefficient (Wildman–Crippen LogP) is 2.88. The smallest absolute Gasteiger partial charge is 0.315 e. The Morgan fingerprint density at radius 3 is 1.75 bits per heavy atom.